The van der Waals surface area contributed by atoms with E-state index in [9.17, 15) is 9.59 Å². The van der Waals surface area contributed by atoms with Crippen LogP contribution < -0.4 is 10.1 Å². The van der Waals surface area contributed by atoms with E-state index in [-0.39, 0.29) is 30.3 Å². The van der Waals surface area contributed by atoms with E-state index in [1.54, 1.807) is 18.6 Å². The third-order valence-electron chi connectivity index (χ3n) is 3.57. The number of carbonyl (C=O) groups excluding carboxylic acids is 2. The van der Waals surface area contributed by atoms with Crippen LogP contribution in [0.4, 0.5) is 0 Å². The Kier molecular flexibility index (Phi) is 5.66. The molecule has 1 saturated carbocycles. The minimum absolute atomic E-state index is 0.0384. The monoisotopic (exact) mass is 291 g/mol. The summed E-state index contributed by atoms with van der Waals surface area (Å²) in [4.78, 5) is 30.6. The molecule has 1 fully saturated rings. The summed E-state index contributed by atoms with van der Waals surface area (Å²) in [5, 5.41) is 2.98. The van der Waals surface area contributed by atoms with Crippen LogP contribution in [-0.4, -0.2) is 33.8 Å². The van der Waals surface area contributed by atoms with Crippen molar-refractivity contribution in [3.05, 3.63) is 18.6 Å². The second-order valence-electron chi connectivity index (χ2n) is 5.40. The first-order valence-corrected chi connectivity index (χ1v) is 7.35. The Morgan fingerprint density at radius 3 is 2.62 bits per heavy atom. The first kappa shape index (κ1) is 15.4. The zero-order chi connectivity index (χ0) is 15.1. The maximum atomic E-state index is 11.7. The zero-order valence-corrected chi connectivity index (χ0v) is 12.2. The molecule has 0 bridgehead atoms. The van der Waals surface area contributed by atoms with Crippen LogP contribution >= 0.6 is 0 Å². The fourth-order valence-corrected chi connectivity index (χ4v) is 2.43. The molecule has 1 N–H and O–H groups in total. The summed E-state index contributed by atoms with van der Waals surface area (Å²) in [5.41, 5.74) is 0. The molecule has 1 aromatic rings. The molecular weight excluding hydrogens is 270 g/mol. The number of Topliss-reactive ketones (excluding diaryl/α,β-unsaturated/α-hetero) is 1. The number of amides is 1. The fourth-order valence-electron chi connectivity index (χ4n) is 2.43. The summed E-state index contributed by atoms with van der Waals surface area (Å²) in [5.74, 6) is 0.557. The Morgan fingerprint density at radius 1 is 1.24 bits per heavy atom. The molecule has 1 heterocycles. The lowest BCUT2D eigenvalue weighted by molar-refractivity contribution is -0.125. The molecule has 0 aromatic carbocycles. The number of nitrogens with one attached hydrogen (secondary N) is 1. The SMILES string of the molecule is CC(=O)CCC(=O)NC1CCC(Oc2cnccn2)CC1. The maximum Gasteiger partial charge on any atom is 0.232 e. The van der Waals surface area contributed by atoms with Gasteiger partial charge in [-0.15, -0.1) is 0 Å². The van der Waals surface area contributed by atoms with Gasteiger partial charge in [0.2, 0.25) is 11.8 Å². The third-order valence-corrected chi connectivity index (χ3v) is 3.57. The quantitative estimate of drug-likeness (QED) is 0.862. The van der Waals surface area contributed by atoms with Gasteiger partial charge >= 0.3 is 0 Å². The average molecular weight is 291 g/mol. The zero-order valence-electron chi connectivity index (χ0n) is 12.2. The van der Waals surface area contributed by atoms with Gasteiger partial charge in [0.25, 0.3) is 0 Å². The number of nitrogens with zero attached hydrogens (tertiary/aromatic N) is 2. The van der Waals surface area contributed by atoms with Gasteiger partial charge < -0.3 is 14.8 Å². The van der Waals surface area contributed by atoms with Crippen LogP contribution in [0.2, 0.25) is 0 Å². The number of carbonyl (C=O) groups is 2. The minimum atomic E-state index is -0.0384. The van der Waals surface area contributed by atoms with Crippen molar-refractivity contribution in [2.45, 2.75) is 57.6 Å². The molecule has 0 unspecified atom stereocenters. The highest BCUT2D eigenvalue weighted by Crippen LogP contribution is 2.22. The molecule has 6 heteroatoms. The van der Waals surface area contributed by atoms with E-state index in [0.29, 0.717) is 12.3 Å². The normalized spacial score (nSPS) is 21.6. The van der Waals surface area contributed by atoms with Gasteiger partial charge in [0.1, 0.15) is 11.9 Å². The Hall–Kier alpha value is -1.98. The van der Waals surface area contributed by atoms with Crippen LogP contribution in [0.15, 0.2) is 18.6 Å². The van der Waals surface area contributed by atoms with E-state index in [1.165, 1.54) is 6.92 Å². The number of hydrogen-bond donors (Lipinski definition) is 1. The standard InChI is InChI=1S/C15H21N3O3/c1-11(19)2-7-14(20)18-12-3-5-13(6-4-12)21-15-10-16-8-9-17-15/h8-10,12-13H,2-7H2,1H3,(H,18,20). The molecule has 0 aliphatic heterocycles. The van der Waals surface area contributed by atoms with Gasteiger partial charge in [-0.3, -0.25) is 9.78 Å². The molecule has 6 nitrogen and oxygen atoms in total. The van der Waals surface area contributed by atoms with Crippen molar-refractivity contribution in [2.24, 2.45) is 0 Å². The Labute approximate surface area is 124 Å². The topological polar surface area (TPSA) is 81.2 Å². The van der Waals surface area contributed by atoms with Gasteiger partial charge in [-0.2, -0.15) is 0 Å². The van der Waals surface area contributed by atoms with Crippen LogP contribution in [-0.2, 0) is 9.59 Å². The number of ketones is 1. The van der Waals surface area contributed by atoms with E-state index in [0.717, 1.165) is 25.7 Å². The number of rotatable bonds is 6. The Balaban J connectivity index is 1.68. The highest BCUT2D eigenvalue weighted by atomic mass is 16.5. The van der Waals surface area contributed by atoms with Gasteiger partial charge in [0, 0.05) is 31.3 Å². The molecule has 0 saturated heterocycles. The lowest BCUT2D eigenvalue weighted by atomic mass is 9.93. The average Bonchev–Trinajstić information content (AvgIpc) is 2.48. The lowest BCUT2D eigenvalue weighted by Crippen LogP contribution is -2.39. The van der Waals surface area contributed by atoms with Crippen molar-refractivity contribution in [2.75, 3.05) is 0 Å². The number of aromatic nitrogens is 2. The summed E-state index contributed by atoms with van der Waals surface area (Å²) < 4.78 is 5.76. The van der Waals surface area contributed by atoms with Gasteiger partial charge in [-0.1, -0.05) is 0 Å². The van der Waals surface area contributed by atoms with Crippen molar-refractivity contribution in [3.8, 4) is 5.88 Å². The van der Waals surface area contributed by atoms with Crippen LogP contribution in [0.5, 0.6) is 5.88 Å². The summed E-state index contributed by atoms with van der Waals surface area (Å²) in [6, 6.07) is 0.186. The van der Waals surface area contributed by atoms with Gasteiger partial charge in [0.15, 0.2) is 0 Å². The van der Waals surface area contributed by atoms with Crippen LogP contribution in [0.3, 0.4) is 0 Å². The number of ether oxygens (including phenoxy) is 1. The molecule has 1 aliphatic carbocycles. The molecule has 21 heavy (non-hydrogen) atoms. The first-order chi connectivity index (χ1) is 10.1. The van der Waals surface area contributed by atoms with Crippen molar-refractivity contribution < 1.29 is 14.3 Å². The third kappa shape index (κ3) is 5.49. The van der Waals surface area contributed by atoms with Gasteiger partial charge in [-0.25, -0.2) is 4.98 Å². The first-order valence-electron chi connectivity index (χ1n) is 7.35. The van der Waals surface area contributed by atoms with Crippen LogP contribution in [0.25, 0.3) is 0 Å². The molecule has 0 atom stereocenters. The minimum Gasteiger partial charge on any atom is -0.473 e. The van der Waals surface area contributed by atoms with E-state index >= 15 is 0 Å². The highest BCUT2D eigenvalue weighted by molar-refractivity contribution is 5.83. The largest absolute Gasteiger partial charge is 0.473 e. The summed E-state index contributed by atoms with van der Waals surface area (Å²) in [6.07, 6.45) is 9.09. The molecule has 0 radical (unpaired) electrons. The smallest absolute Gasteiger partial charge is 0.232 e. The van der Waals surface area contributed by atoms with Crippen molar-refractivity contribution >= 4 is 11.7 Å². The van der Waals surface area contributed by atoms with Crippen molar-refractivity contribution in [3.63, 3.8) is 0 Å². The van der Waals surface area contributed by atoms with E-state index in [1.807, 2.05) is 0 Å². The number of hydrogen-bond acceptors (Lipinski definition) is 5. The second kappa shape index (κ2) is 7.71. The Morgan fingerprint density at radius 2 is 2.00 bits per heavy atom. The molecule has 1 aromatic heterocycles. The predicted molar refractivity (Wildman–Crippen MR) is 76.8 cm³/mol. The molecule has 1 aliphatic rings. The highest BCUT2D eigenvalue weighted by Gasteiger charge is 2.23. The van der Waals surface area contributed by atoms with Crippen molar-refractivity contribution in [1.29, 1.82) is 0 Å². The summed E-state index contributed by atoms with van der Waals surface area (Å²) in [6.45, 7) is 1.50. The molecule has 0 spiro atoms. The second-order valence-corrected chi connectivity index (χ2v) is 5.40. The maximum absolute atomic E-state index is 11.7. The van der Waals surface area contributed by atoms with E-state index in [2.05, 4.69) is 15.3 Å². The van der Waals surface area contributed by atoms with E-state index in [4.69, 9.17) is 4.74 Å². The molecular formula is C15H21N3O3. The summed E-state index contributed by atoms with van der Waals surface area (Å²) >= 11 is 0. The van der Waals surface area contributed by atoms with Crippen LogP contribution in [0.1, 0.15) is 45.4 Å². The van der Waals surface area contributed by atoms with Crippen LogP contribution in [0, 0.1) is 0 Å². The fraction of sp³-hybridized carbons (Fsp3) is 0.600. The Bertz CT molecular complexity index is 470. The van der Waals surface area contributed by atoms with Gasteiger partial charge in [0.05, 0.1) is 6.20 Å². The predicted octanol–water partition coefficient (Wildman–Crippen LogP) is 1.65. The molecule has 1 amide bonds. The lowest BCUT2D eigenvalue weighted by Gasteiger charge is -2.29. The van der Waals surface area contributed by atoms with Gasteiger partial charge in [-0.05, 0) is 32.6 Å². The van der Waals surface area contributed by atoms with Crippen molar-refractivity contribution in [1.82, 2.24) is 15.3 Å². The molecule has 2 rings (SSSR count). The molecule has 114 valence electrons. The summed E-state index contributed by atoms with van der Waals surface area (Å²) in [7, 11) is 0. The van der Waals surface area contributed by atoms with E-state index < -0.39 is 0 Å².